The number of azo groups is 1. The number of fused-ring (bicyclic) bond motifs is 2. The number of carboxylic acids is 1. The normalized spacial score (nSPS) is 14.5. The molecule has 0 saturated carbocycles. The highest BCUT2D eigenvalue weighted by molar-refractivity contribution is 7.21. The number of para-hydroxylation sites is 1. The number of aromatic nitrogens is 2. The van der Waals surface area contributed by atoms with E-state index in [9.17, 15) is 9.90 Å². The van der Waals surface area contributed by atoms with Crippen molar-refractivity contribution in [3.05, 3.63) is 94.0 Å². The number of hydrogen-bond acceptors (Lipinski definition) is 9. The van der Waals surface area contributed by atoms with Gasteiger partial charge in [-0.2, -0.15) is 5.11 Å². The first-order valence-electron chi connectivity index (χ1n) is 13.6. The van der Waals surface area contributed by atoms with Crippen LogP contribution in [0.2, 0.25) is 0 Å². The molecule has 42 heavy (non-hydrogen) atoms. The van der Waals surface area contributed by atoms with E-state index in [1.165, 1.54) is 28.2 Å². The molecule has 0 radical (unpaired) electrons. The molecule has 2 aromatic heterocycles. The Morgan fingerprint density at radius 2 is 1.90 bits per heavy atom. The predicted molar refractivity (Wildman–Crippen MR) is 170 cm³/mol. The van der Waals surface area contributed by atoms with Crippen LogP contribution >= 0.6 is 35.1 Å². The number of thiazole rings is 2. The van der Waals surface area contributed by atoms with Gasteiger partial charge >= 0.3 is 5.97 Å². The van der Waals surface area contributed by atoms with Crippen LogP contribution in [0.3, 0.4) is 0 Å². The zero-order chi connectivity index (χ0) is 28.2. The summed E-state index contributed by atoms with van der Waals surface area (Å²) in [6, 6.07) is 21.9. The number of ether oxygens (including phenoxy) is 1. The van der Waals surface area contributed by atoms with Crippen LogP contribution in [-0.4, -0.2) is 27.7 Å². The van der Waals surface area contributed by atoms with Crippen molar-refractivity contribution >= 4 is 56.4 Å². The van der Waals surface area contributed by atoms with Crippen molar-refractivity contribution in [3.8, 4) is 16.3 Å². The van der Waals surface area contributed by atoms with Gasteiger partial charge in [0.25, 0.3) is 0 Å². The highest BCUT2D eigenvalue weighted by atomic mass is 35.5. The monoisotopic (exact) mass is 619 g/mol. The molecular formula is C31H30ClN5O3S2. The van der Waals surface area contributed by atoms with Crippen molar-refractivity contribution in [2.45, 2.75) is 44.7 Å². The Labute approximate surface area is 257 Å². The first-order chi connectivity index (χ1) is 20.1. The minimum absolute atomic E-state index is 0. The minimum Gasteiger partial charge on any atom is -0.494 e. The standard InChI is InChI=1S/C31H29N5O3S2.ClH/c32-18-19-10-14-22(15-11-19)39-16-4-9-27-28(30(37)38)34-29(40-27)21-13-12-20-5-3-7-24(23(20)17-21)35-36-31-33-25-6-1-2-8-26(25)41-31;/h1-2,6,8,10-15,17,24H,3-5,7,9,16,18,32H2,(H,37,38);1H. The second-order valence-electron chi connectivity index (χ2n) is 9.90. The molecule has 0 saturated heterocycles. The first kappa shape index (κ1) is 29.8. The predicted octanol–water partition coefficient (Wildman–Crippen LogP) is 8.17. The SMILES string of the molecule is Cl.NCc1ccc(OCCCc2sc(-c3ccc4c(c3)C(N=Nc3nc5ccccc5s3)CCC4)nc2C(=O)O)cc1. The number of nitrogens with zero attached hydrogens (tertiary/aromatic N) is 4. The van der Waals surface area contributed by atoms with Crippen LogP contribution in [0.5, 0.6) is 5.75 Å². The third-order valence-corrected chi connectivity index (χ3v) is 9.20. The Bertz CT molecular complexity index is 1680. The third kappa shape index (κ3) is 6.68. The van der Waals surface area contributed by atoms with Gasteiger partial charge < -0.3 is 15.6 Å². The van der Waals surface area contributed by atoms with E-state index in [1.807, 2.05) is 54.6 Å². The summed E-state index contributed by atoms with van der Waals surface area (Å²) >= 11 is 2.97. The van der Waals surface area contributed by atoms with Gasteiger partial charge in [0.2, 0.25) is 5.13 Å². The van der Waals surface area contributed by atoms with Crippen molar-refractivity contribution in [2.75, 3.05) is 6.61 Å². The highest BCUT2D eigenvalue weighted by Gasteiger charge is 2.23. The van der Waals surface area contributed by atoms with E-state index in [0.29, 0.717) is 36.1 Å². The van der Waals surface area contributed by atoms with E-state index < -0.39 is 5.97 Å². The topological polar surface area (TPSA) is 123 Å². The second-order valence-corrected chi connectivity index (χ2v) is 12.0. The zero-order valence-electron chi connectivity index (χ0n) is 22.7. The summed E-state index contributed by atoms with van der Waals surface area (Å²) in [5.41, 5.74) is 11.0. The van der Waals surface area contributed by atoms with Crippen molar-refractivity contribution in [3.63, 3.8) is 0 Å². The molecule has 1 atom stereocenters. The average molecular weight is 620 g/mol. The molecule has 0 aliphatic heterocycles. The molecule has 2 heterocycles. The molecule has 11 heteroatoms. The van der Waals surface area contributed by atoms with Crippen LogP contribution < -0.4 is 10.5 Å². The molecule has 3 N–H and O–H groups in total. The van der Waals surface area contributed by atoms with Crippen molar-refractivity contribution in [2.24, 2.45) is 16.0 Å². The molecular weight excluding hydrogens is 590 g/mol. The quantitative estimate of drug-likeness (QED) is 0.120. The van der Waals surface area contributed by atoms with Crippen LogP contribution in [0.1, 0.15) is 57.4 Å². The molecule has 1 unspecified atom stereocenters. The average Bonchev–Trinajstić information content (AvgIpc) is 3.63. The molecule has 5 aromatic rings. The zero-order valence-corrected chi connectivity index (χ0v) is 25.2. The molecule has 1 aliphatic carbocycles. The number of aryl methyl sites for hydroxylation is 2. The van der Waals surface area contributed by atoms with Crippen LogP contribution in [0.15, 0.2) is 77.0 Å². The van der Waals surface area contributed by atoms with Gasteiger partial charge in [-0.25, -0.2) is 14.8 Å². The number of rotatable bonds is 10. The van der Waals surface area contributed by atoms with E-state index >= 15 is 0 Å². The minimum atomic E-state index is -1.01. The molecule has 0 bridgehead atoms. The van der Waals surface area contributed by atoms with E-state index in [-0.39, 0.29) is 24.1 Å². The van der Waals surface area contributed by atoms with Gasteiger partial charge in [-0.3, -0.25) is 0 Å². The van der Waals surface area contributed by atoms with E-state index in [2.05, 4.69) is 27.2 Å². The number of hydrogen-bond donors (Lipinski definition) is 2. The van der Waals surface area contributed by atoms with Crippen LogP contribution in [0.4, 0.5) is 5.13 Å². The Morgan fingerprint density at radius 1 is 1.07 bits per heavy atom. The Balaban J connectivity index is 0.00000353. The first-order valence-corrected chi connectivity index (χ1v) is 15.2. The van der Waals surface area contributed by atoms with E-state index in [0.717, 1.165) is 56.8 Å². The van der Waals surface area contributed by atoms with E-state index in [4.69, 9.17) is 15.6 Å². The summed E-state index contributed by atoms with van der Waals surface area (Å²) in [5.74, 6) is -0.240. The maximum absolute atomic E-state index is 12.0. The Hall–Kier alpha value is -3.70. The molecule has 0 spiro atoms. The van der Waals surface area contributed by atoms with Gasteiger partial charge in [-0.15, -0.1) is 28.9 Å². The van der Waals surface area contributed by atoms with Gasteiger partial charge in [0.1, 0.15) is 10.8 Å². The van der Waals surface area contributed by atoms with Gasteiger partial charge in [-0.1, -0.05) is 47.7 Å². The van der Waals surface area contributed by atoms with Crippen LogP contribution in [0, 0.1) is 0 Å². The lowest BCUT2D eigenvalue weighted by molar-refractivity contribution is 0.0690. The van der Waals surface area contributed by atoms with Gasteiger partial charge in [0, 0.05) is 17.0 Å². The van der Waals surface area contributed by atoms with Gasteiger partial charge in [-0.05, 0) is 79.1 Å². The molecule has 3 aromatic carbocycles. The third-order valence-electron chi connectivity index (χ3n) is 7.12. The Morgan fingerprint density at radius 3 is 2.69 bits per heavy atom. The summed E-state index contributed by atoms with van der Waals surface area (Å²) in [7, 11) is 0. The molecule has 0 fully saturated rings. The number of benzene rings is 3. The lowest BCUT2D eigenvalue weighted by Gasteiger charge is -2.22. The number of nitrogens with two attached hydrogens (primary N) is 1. The van der Waals surface area contributed by atoms with E-state index in [1.54, 1.807) is 0 Å². The highest BCUT2D eigenvalue weighted by Crippen LogP contribution is 2.38. The van der Waals surface area contributed by atoms with Crippen molar-refractivity contribution in [1.82, 2.24) is 9.97 Å². The van der Waals surface area contributed by atoms with Gasteiger partial charge in [0.15, 0.2) is 5.69 Å². The molecule has 1 aliphatic rings. The van der Waals surface area contributed by atoms with Crippen LogP contribution in [-0.2, 0) is 19.4 Å². The maximum atomic E-state index is 12.0. The lowest BCUT2D eigenvalue weighted by Crippen LogP contribution is -2.08. The lowest BCUT2D eigenvalue weighted by atomic mass is 9.87. The fraction of sp³-hybridized carbons (Fsp3) is 0.258. The molecule has 8 nitrogen and oxygen atoms in total. The van der Waals surface area contributed by atoms with Gasteiger partial charge in [0.05, 0.1) is 22.9 Å². The summed E-state index contributed by atoms with van der Waals surface area (Å²) < 4.78 is 6.93. The maximum Gasteiger partial charge on any atom is 0.355 e. The Kier molecular flexibility index (Phi) is 9.58. The van der Waals surface area contributed by atoms with Crippen molar-refractivity contribution in [1.29, 1.82) is 0 Å². The molecule has 6 rings (SSSR count). The number of carboxylic acid groups (broad SMARTS) is 1. The second kappa shape index (κ2) is 13.5. The largest absolute Gasteiger partial charge is 0.494 e. The fourth-order valence-corrected chi connectivity index (χ4v) is 6.89. The van der Waals surface area contributed by atoms with Crippen LogP contribution in [0.25, 0.3) is 20.8 Å². The summed E-state index contributed by atoms with van der Waals surface area (Å²) in [5, 5.41) is 20.4. The van der Waals surface area contributed by atoms with Crippen molar-refractivity contribution < 1.29 is 14.6 Å². The fourth-order valence-electron chi connectivity index (χ4n) is 5.01. The summed E-state index contributed by atoms with van der Waals surface area (Å²) in [6.45, 7) is 0.972. The molecule has 216 valence electrons. The number of aromatic carboxylic acids is 1. The summed E-state index contributed by atoms with van der Waals surface area (Å²) in [4.78, 5) is 21.9. The number of carbonyl (C=O) groups is 1. The summed E-state index contributed by atoms with van der Waals surface area (Å²) in [6.07, 6.45) is 4.19. The number of halogens is 1. The smallest absolute Gasteiger partial charge is 0.355 e. The molecule has 0 amide bonds.